The molecule has 0 saturated heterocycles. The van der Waals surface area contributed by atoms with E-state index >= 15 is 0 Å². The molecule has 2 nitrogen and oxygen atoms in total. The van der Waals surface area contributed by atoms with Crippen LogP contribution in [-0.2, 0) is 19.1 Å². The van der Waals surface area contributed by atoms with Gasteiger partial charge in [0.15, 0.2) is 0 Å². The highest BCUT2D eigenvalue weighted by atomic mass is 19.4. The van der Waals surface area contributed by atoms with Crippen LogP contribution in [0.2, 0.25) is 0 Å². The number of nitrogens with two attached hydrogens (primary N) is 1. The van der Waals surface area contributed by atoms with Crippen LogP contribution >= 0.6 is 0 Å². The molecule has 0 bridgehead atoms. The number of benzene rings is 1. The second-order valence-corrected chi connectivity index (χ2v) is 7.08. The summed E-state index contributed by atoms with van der Waals surface area (Å²) in [6, 6.07) is 4.56. The lowest BCUT2D eigenvalue weighted by molar-refractivity contribution is -0.137. The molecule has 128 valence electrons. The standard InChI is InChI=1S/C18H25F3N2/c19-18(20,21)16-4-3-14-8-10-23(12-15(14)11-16)9-7-13-1-5-17(22)6-2-13/h3-4,11,13,17H,1-2,5-10,12,22H2. The van der Waals surface area contributed by atoms with Crippen LogP contribution in [0.1, 0.15) is 48.8 Å². The summed E-state index contributed by atoms with van der Waals surface area (Å²) < 4.78 is 38.6. The number of alkyl halides is 3. The number of halogens is 3. The van der Waals surface area contributed by atoms with Crippen molar-refractivity contribution in [2.45, 2.75) is 57.3 Å². The maximum Gasteiger partial charge on any atom is 0.416 e. The second-order valence-electron chi connectivity index (χ2n) is 7.08. The summed E-state index contributed by atoms with van der Waals surface area (Å²) in [5.41, 5.74) is 7.32. The highest BCUT2D eigenvalue weighted by Crippen LogP contribution is 2.32. The van der Waals surface area contributed by atoms with Crippen molar-refractivity contribution in [2.24, 2.45) is 11.7 Å². The molecule has 1 aromatic rings. The van der Waals surface area contributed by atoms with E-state index < -0.39 is 11.7 Å². The van der Waals surface area contributed by atoms with Crippen molar-refractivity contribution in [1.29, 1.82) is 0 Å². The van der Waals surface area contributed by atoms with Gasteiger partial charge in [-0.05, 0) is 74.2 Å². The summed E-state index contributed by atoms with van der Waals surface area (Å²) >= 11 is 0. The number of hydrogen-bond acceptors (Lipinski definition) is 2. The first kappa shape index (κ1) is 16.8. The zero-order valence-electron chi connectivity index (χ0n) is 13.4. The van der Waals surface area contributed by atoms with Gasteiger partial charge in [0.1, 0.15) is 0 Å². The van der Waals surface area contributed by atoms with E-state index in [1.807, 2.05) is 0 Å². The molecule has 5 heteroatoms. The van der Waals surface area contributed by atoms with Crippen LogP contribution in [0.4, 0.5) is 13.2 Å². The van der Waals surface area contributed by atoms with Gasteiger partial charge in [-0.1, -0.05) is 6.07 Å². The van der Waals surface area contributed by atoms with E-state index in [1.165, 1.54) is 25.0 Å². The van der Waals surface area contributed by atoms with E-state index in [-0.39, 0.29) is 0 Å². The summed E-state index contributed by atoms with van der Waals surface area (Å²) in [4.78, 5) is 2.30. The van der Waals surface area contributed by atoms with Crippen LogP contribution < -0.4 is 5.73 Å². The van der Waals surface area contributed by atoms with Crippen LogP contribution in [-0.4, -0.2) is 24.0 Å². The summed E-state index contributed by atoms with van der Waals surface area (Å²) in [7, 11) is 0. The smallest absolute Gasteiger partial charge is 0.328 e. The third-order valence-corrected chi connectivity index (χ3v) is 5.37. The normalized spacial score (nSPS) is 26.1. The maximum absolute atomic E-state index is 12.9. The molecule has 0 unspecified atom stereocenters. The van der Waals surface area contributed by atoms with E-state index in [2.05, 4.69) is 4.90 Å². The highest BCUT2D eigenvalue weighted by molar-refractivity contribution is 5.35. The van der Waals surface area contributed by atoms with Gasteiger partial charge in [-0.25, -0.2) is 0 Å². The number of hydrogen-bond donors (Lipinski definition) is 1. The van der Waals surface area contributed by atoms with E-state index in [0.717, 1.165) is 55.8 Å². The Hall–Kier alpha value is -1.07. The Balaban J connectivity index is 1.57. The minimum Gasteiger partial charge on any atom is -0.328 e. The minimum absolute atomic E-state index is 0.369. The van der Waals surface area contributed by atoms with Crippen molar-refractivity contribution in [3.05, 3.63) is 34.9 Å². The lowest BCUT2D eigenvalue weighted by Gasteiger charge is -2.32. The molecule has 0 radical (unpaired) electrons. The Labute approximate surface area is 135 Å². The topological polar surface area (TPSA) is 29.3 Å². The molecule has 1 aliphatic carbocycles. The SMILES string of the molecule is NC1CCC(CCN2CCc3ccc(C(F)(F)F)cc3C2)CC1. The molecule has 1 fully saturated rings. The quantitative estimate of drug-likeness (QED) is 0.910. The first-order chi connectivity index (χ1) is 10.9. The third-order valence-electron chi connectivity index (χ3n) is 5.37. The number of fused-ring (bicyclic) bond motifs is 1. The fourth-order valence-electron chi connectivity index (χ4n) is 3.82. The average molecular weight is 326 g/mol. The Bertz CT molecular complexity index is 534. The Morgan fingerprint density at radius 2 is 1.83 bits per heavy atom. The molecule has 0 aromatic heterocycles. The van der Waals surface area contributed by atoms with E-state index in [1.54, 1.807) is 6.07 Å². The Morgan fingerprint density at radius 1 is 1.09 bits per heavy atom. The fourth-order valence-corrected chi connectivity index (χ4v) is 3.82. The molecular formula is C18H25F3N2. The van der Waals surface area contributed by atoms with Crippen molar-refractivity contribution in [1.82, 2.24) is 4.90 Å². The Kier molecular flexibility index (Phi) is 4.97. The predicted octanol–water partition coefficient (Wildman–Crippen LogP) is 3.97. The summed E-state index contributed by atoms with van der Waals surface area (Å²) in [6.45, 7) is 2.58. The summed E-state index contributed by atoms with van der Waals surface area (Å²) in [6.07, 6.45) is 2.36. The zero-order chi connectivity index (χ0) is 16.4. The van der Waals surface area contributed by atoms with Gasteiger partial charge in [0.25, 0.3) is 0 Å². The molecule has 1 heterocycles. The molecule has 2 N–H and O–H groups in total. The summed E-state index contributed by atoms with van der Waals surface area (Å²) in [5, 5.41) is 0. The van der Waals surface area contributed by atoms with E-state index in [4.69, 9.17) is 5.73 Å². The van der Waals surface area contributed by atoms with E-state index in [9.17, 15) is 13.2 Å². The maximum atomic E-state index is 12.9. The average Bonchev–Trinajstić information content (AvgIpc) is 2.53. The first-order valence-electron chi connectivity index (χ1n) is 8.59. The summed E-state index contributed by atoms with van der Waals surface area (Å²) in [5.74, 6) is 0.734. The van der Waals surface area contributed by atoms with Gasteiger partial charge >= 0.3 is 6.18 Å². The fraction of sp³-hybridized carbons (Fsp3) is 0.667. The van der Waals surface area contributed by atoms with Gasteiger partial charge in [0.2, 0.25) is 0 Å². The highest BCUT2D eigenvalue weighted by Gasteiger charge is 2.31. The van der Waals surface area contributed by atoms with Crippen molar-refractivity contribution in [3.8, 4) is 0 Å². The Morgan fingerprint density at radius 3 is 2.52 bits per heavy atom. The van der Waals surface area contributed by atoms with Gasteiger partial charge in [-0.2, -0.15) is 13.2 Å². The lowest BCUT2D eigenvalue weighted by Crippen LogP contribution is -2.33. The first-order valence-corrected chi connectivity index (χ1v) is 8.59. The van der Waals surface area contributed by atoms with Crippen molar-refractivity contribution in [3.63, 3.8) is 0 Å². The van der Waals surface area contributed by atoms with Crippen LogP contribution in [0.25, 0.3) is 0 Å². The molecular weight excluding hydrogens is 301 g/mol. The van der Waals surface area contributed by atoms with Crippen LogP contribution in [0.3, 0.4) is 0 Å². The zero-order valence-corrected chi connectivity index (χ0v) is 13.4. The van der Waals surface area contributed by atoms with Gasteiger partial charge in [-0.15, -0.1) is 0 Å². The van der Waals surface area contributed by atoms with Crippen LogP contribution in [0.15, 0.2) is 18.2 Å². The molecule has 1 aromatic carbocycles. The number of nitrogens with zero attached hydrogens (tertiary/aromatic N) is 1. The largest absolute Gasteiger partial charge is 0.416 e. The molecule has 0 amide bonds. The second kappa shape index (κ2) is 6.81. The van der Waals surface area contributed by atoms with Crippen molar-refractivity contribution in [2.75, 3.05) is 13.1 Å². The van der Waals surface area contributed by atoms with Crippen LogP contribution in [0, 0.1) is 5.92 Å². The minimum atomic E-state index is -4.25. The van der Waals surface area contributed by atoms with Crippen molar-refractivity contribution < 1.29 is 13.2 Å². The molecule has 1 aliphatic heterocycles. The molecule has 3 rings (SSSR count). The van der Waals surface area contributed by atoms with Gasteiger partial charge in [-0.3, -0.25) is 4.90 Å². The third kappa shape index (κ3) is 4.27. The van der Waals surface area contributed by atoms with Crippen LogP contribution in [0.5, 0.6) is 0 Å². The molecule has 23 heavy (non-hydrogen) atoms. The van der Waals surface area contributed by atoms with Crippen molar-refractivity contribution >= 4 is 0 Å². The predicted molar refractivity (Wildman–Crippen MR) is 85.0 cm³/mol. The molecule has 0 spiro atoms. The monoisotopic (exact) mass is 326 g/mol. The van der Waals surface area contributed by atoms with Gasteiger partial charge in [0, 0.05) is 19.1 Å². The molecule has 2 aliphatic rings. The van der Waals surface area contributed by atoms with Gasteiger partial charge in [0.05, 0.1) is 5.56 Å². The van der Waals surface area contributed by atoms with Gasteiger partial charge < -0.3 is 5.73 Å². The molecule has 1 saturated carbocycles. The molecule has 0 atom stereocenters. The number of rotatable bonds is 3. The van der Waals surface area contributed by atoms with E-state index in [0.29, 0.717) is 12.6 Å². The lowest BCUT2D eigenvalue weighted by atomic mass is 9.84.